The molecule has 1 aliphatic rings. The molecule has 1 saturated heterocycles. The van der Waals surface area contributed by atoms with Crippen molar-refractivity contribution in [2.45, 2.75) is 19.8 Å². The largest absolute Gasteiger partial charge is 0.396 e. The van der Waals surface area contributed by atoms with Gasteiger partial charge in [-0.15, -0.1) is 0 Å². The maximum absolute atomic E-state index is 12.3. The van der Waals surface area contributed by atoms with E-state index in [9.17, 15) is 9.90 Å². The second-order valence-electron chi connectivity index (χ2n) is 4.75. The Bertz CT molecular complexity index is 451. The highest BCUT2D eigenvalue weighted by atomic mass is 35.5. The molecule has 0 aromatic carbocycles. The number of hydrogen-bond donors (Lipinski definition) is 1. The number of aliphatic hydroxyl groups excluding tert-OH is 1. The van der Waals surface area contributed by atoms with Crippen LogP contribution in [0.3, 0.4) is 0 Å². The van der Waals surface area contributed by atoms with Crippen LogP contribution in [0, 0.1) is 12.8 Å². The van der Waals surface area contributed by atoms with Gasteiger partial charge in [0.1, 0.15) is 0 Å². The molecule has 0 bridgehead atoms. The number of hydrogen-bond acceptors (Lipinski definition) is 3. The minimum atomic E-state index is -0.0920. The summed E-state index contributed by atoms with van der Waals surface area (Å²) in [4.78, 5) is 18.2. The van der Waals surface area contributed by atoms with E-state index in [0.29, 0.717) is 17.1 Å². The highest BCUT2D eigenvalue weighted by Gasteiger charge is 2.25. The Labute approximate surface area is 112 Å². The molecule has 5 heteroatoms. The first-order chi connectivity index (χ1) is 8.61. The number of carbonyl (C=O) groups is 1. The van der Waals surface area contributed by atoms with Gasteiger partial charge >= 0.3 is 0 Å². The third-order valence-electron chi connectivity index (χ3n) is 3.29. The second kappa shape index (κ2) is 5.67. The maximum Gasteiger partial charge on any atom is 0.256 e. The van der Waals surface area contributed by atoms with Gasteiger partial charge in [0.05, 0.1) is 10.6 Å². The van der Waals surface area contributed by atoms with E-state index in [0.717, 1.165) is 25.1 Å². The Morgan fingerprint density at radius 1 is 1.67 bits per heavy atom. The van der Waals surface area contributed by atoms with Gasteiger partial charge in [0.25, 0.3) is 5.91 Å². The molecule has 18 heavy (non-hydrogen) atoms. The molecule has 1 aromatic rings. The highest BCUT2D eigenvalue weighted by Crippen LogP contribution is 2.22. The summed E-state index contributed by atoms with van der Waals surface area (Å²) in [5, 5.41) is 9.62. The van der Waals surface area contributed by atoms with Gasteiger partial charge in [-0.2, -0.15) is 0 Å². The number of aryl methyl sites for hydroxylation is 1. The van der Waals surface area contributed by atoms with Gasteiger partial charge < -0.3 is 10.0 Å². The van der Waals surface area contributed by atoms with E-state index in [2.05, 4.69) is 4.98 Å². The van der Waals surface area contributed by atoms with Gasteiger partial charge in [-0.25, -0.2) is 0 Å². The standard InChI is InChI=1S/C13H17ClN2O2/c1-9-5-12(14)11(6-15-9)13(18)16-4-2-3-10(7-16)8-17/h5-6,10,17H,2-4,7-8H2,1H3. The van der Waals surface area contributed by atoms with Crippen molar-refractivity contribution >= 4 is 17.5 Å². The summed E-state index contributed by atoms with van der Waals surface area (Å²) < 4.78 is 0. The normalized spacial score (nSPS) is 19.9. The van der Waals surface area contributed by atoms with Crippen molar-refractivity contribution in [3.8, 4) is 0 Å². The van der Waals surface area contributed by atoms with Gasteiger partial charge in [0, 0.05) is 31.6 Å². The molecule has 0 aliphatic carbocycles. The molecule has 0 radical (unpaired) electrons. The van der Waals surface area contributed by atoms with Crippen molar-refractivity contribution < 1.29 is 9.90 Å². The number of halogens is 1. The van der Waals surface area contributed by atoms with E-state index in [1.807, 2.05) is 6.92 Å². The minimum absolute atomic E-state index is 0.0920. The number of pyridine rings is 1. The lowest BCUT2D eigenvalue weighted by atomic mass is 9.98. The van der Waals surface area contributed by atoms with Crippen LogP contribution < -0.4 is 0 Å². The Hall–Kier alpha value is -1.13. The molecular formula is C13H17ClN2O2. The monoisotopic (exact) mass is 268 g/mol. The summed E-state index contributed by atoms with van der Waals surface area (Å²) in [7, 11) is 0. The Kier molecular flexibility index (Phi) is 4.19. The van der Waals surface area contributed by atoms with Crippen LogP contribution in [-0.4, -0.2) is 40.6 Å². The quantitative estimate of drug-likeness (QED) is 0.891. The Morgan fingerprint density at radius 2 is 2.44 bits per heavy atom. The van der Waals surface area contributed by atoms with Gasteiger partial charge in [0.15, 0.2) is 0 Å². The van der Waals surface area contributed by atoms with E-state index in [-0.39, 0.29) is 18.4 Å². The van der Waals surface area contributed by atoms with Crippen molar-refractivity contribution in [3.05, 3.63) is 28.5 Å². The first-order valence-electron chi connectivity index (χ1n) is 6.14. The fraction of sp³-hybridized carbons (Fsp3) is 0.538. The van der Waals surface area contributed by atoms with Crippen LogP contribution in [0.1, 0.15) is 28.9 Å². The zero-order valence-corrected chi connectivity index (χ0v) is 11.2. The molecule has 1 N–H and O–H groups in total. The smallest absolute Gasteiger partial charge is 0.256 e. The van der Waals surface area contributed by atoms with Crippen molar-refractivity contribution in [1.82, 2.24) is 9.88 Å². The maximum atomic E-state index is 12.3. The molecule has 2 rings (SSSR count). The average Bonchev–Trinajstić information content (AvgIpc) is 2.38. The second-order valence-corrected chi connectivity index (χ2v) is 5.15. The average molecular weight is 269 g/mol. The fourth-order valence-corrected chi connectivity index (χ4v) is 2.54. The van der Waals surface area contributed by atoms with E-state index >= 15 is 0 Å². The molecule has 1 amide bonds. The van der Waals surface area contributed by atoms with Crippen molar-refractivity contribution in [2.75, 3.05) is 19.7 Å². The van der Waals surface area contributed by atoms with E-state index in [4.69, 9.17) is 11.6 Å². The lowest BCUT2D eigenvalue weighted by Gasteiger charge is -2.32. The topological polar surface area (TPSA) is 53.4 Å². The minimum Gasteiger partial charge on any atom is -0.396 e. The Morgan fingerprint density at radius 3 is 3.11 bits per heavy atom. The van der Waals surface area contributed by atoms with Crippen molar-refractivity contribution in [3.63, 3.8) is 0 Å². The van der Waals surface area contributed by atoms with Crippen LogP contribution in [0.15, 0.2) is 12.3 Å². The van der Waals surface area contributed by atoms with E-state index in [1.54, 1.807) is 11.0 Å². The third kappa shape index (κ3) is 2.82. The number of rotatable bonds is 2. The number of piperidine rings is 1. The molecule has 1 fully saturated rings. The van der Waals surface area contributed by atoms with Crippen LogP contribution in [0.5, 0.6) is 0 Å². The van der Waals surface area contributed by atoms with Crippen LogP contribution in [0.25, 0.3) is 0 Å². The van der Waals surface area contributed by atoms with Crippen LogP contribution >= 0.6 is 11.6 Å². The number of nitrogens with zero attached hydrogens (tertiary/aromatic N) is 2. The number of likely N-dealkylation sites (tertiary alicyclic amines) is 1. The van der Waals surface area contributed by atoms with Gasteiger partial charge in [-0.1, -0.05) is 11.6 Å². The van der Waals surface area contributed by atoms with Crippen LogP contribution in [0.2, 0.25) is 5.02 Å². The molecule has 1 aliphatic heterocycles. The summed E-state index contributed by atoms with van der Waals surface area (Å²) in [5.41, 5.74) is 1.24. The third-order valence-corrected chi connectivity index (χ3v) is 3.60. The molecule has 0 saturated carbocycles. The van der Waals surface area contributed by atoms with E-state index < -0.39 is 0 Å². The van der Waals surface area contributed by atoms with E-state index in [1.165, 1.54) is 6.20 Å². The molecule has 1 atom stereocenters. The van der Waals surface area contributed by atoms with Crippen LogP contribution in [-0.2, 0) is 0 Å². The van der Waals surface area contributed by atoms with Crippen molar-refractivity contribution in [2.24, 2.45) is 5.92 Å². The number of aliphatic hydroxyl groups is 1. The lowest BCUT2D eigenvalue weighted by Crippen LogP contribution is -2.41. The molecule has 0 spiro atoms. The molecule has 2 heterocycles. The van der Waals surface area contributed by atoms with Crippen molar-refractivity contribution in [1.29, 1.82) is 0 Å². The zero-order chi connectivity index (χ0) is 13.1. The summed E-state index contributed by atoms with van der Waals surface area (Å²) in [6.07, 6.45) is 3.43. The SMILES string of the molecule is Cc1cc(Cl)c(C(=O)N2CCCC(CO)C2)cn1. The number of carbonyl (C=O) groups excluding carboxylic acids is 1. The molecule has 1 unspecified atom stereocenters. The molecule has 4 nitrogen and oxygen atoms in total. The molecule has 1 aromatic heterocycles. The fourth-order valence-electron chi connectivity index (χ4n) is 2.25. The predicted octanol–water partition coefficient (Wildman–Crippen LogP) is 1.89. The molecular weight excluding hydrogens is 252 g/mol. The lowest BCUT2D eigenvalue weighted by molar-refractivity contribution is 0.0620. The van der Waals surface area contributed by atoms with Gasteiger partial charge in [-0.05, 0) is 31.7 Å². The number of amides is 1. The van der Waals surface area contributed by atoms with Crippen LogP contribution in [0.4, 0.5) is 0 Å². The summed E-state index contributed by atoms with van der Waals surface area (Å²) in [6.45, 7) is 3.28. The summed E-state index contributed by atoms with van der Waals surface area (Å²) in [6, 6.07) is 1.70. The van der Waals surface area contributed by atoms with Gasteiger partial charge in [-0.3, -0.25) is 9.78 Å². The van der Waals surface area contributed by atoms with Gasteiger partial charge in [0.2, 0.25) is 0 Å². The summed E-state index contributed by atoms with van der Waals surface area (Å²) in [5.74, 6) is 0.0885. The highest BCUT2D eigenvalue weighted by molar-refractivity contribution is 6.33. The molecule has 98 valence electrons. The Balaban J connectivity index is 2.15. The number of aromatic nitrogens is 1. The zero-order valence-electron chi connectivity index (χ0n) is 10.4. The first kappa shape index (κ1) is 13.3. The first-order valence-corrected chi connectivity index (χ1v) is 6.52. The predicted molar refractivity (Wildman–Crippen MR) is 69.7 cm³/mol. The summed E-state index contributed by atoms with van der Waals surface area (Å²) >= 11 is 6.08.